The van der Waals surface area contributed by atoms with Crippen molar-refractivity contribution in [1.29, 1.82) is 0 Å². The Labute approximate surface area is 119 Å². The number of hydrogen-bond donors (Lipinski definition) is 0. The maximum atomic E-state index is 11.1. The Morgan fingerprint density at radius 1 is 1.32 bits per heavy atom. The zero-order chi connectivity index (χ0) is 13.7. The first-order valence-corrected chi connectivity index (χ1v) is 6.38. The molecule has 0 amide bonds. The van der Waals surface area contributed by atoms with E-state index in [0.29, 0.717) is 28.1 Å². The lowest BCUT2D eigenvalue weighted by atomic mass is 10.2. The smallest absolute Gasteiger partial charge is 0.153 e. The molecule has 0 spiro atoms. The molecule has 98 valence electrons. The van der Waals surface area contributed by atoms with Gasteiger partial charge < -0.3 is 9.47 Å². The third kappa shape index (κ3) is 3.32. The highest BCUT2D eigenvalue weighted by Gasteiger charge is 2.11. The molecule has 0 N–H and O–H groups in total. The molecule has 0 aliphatic heterocycles. The Morgan fingerprint density at radius 2 is 2.05 bits per heavy atom. The number of aromatic nitrogens is 1. The van der Waals surface area contributed by atoms with E-state index < -0.39 is 0 Å². The average Bonchev–Trinajstić information content (AvgIpc) is 2.46. The van der Waals surface area contributed by atoms with Crippen molar-refractivity contribution in [1.82, 2.24) is 4.98 Å². The van der Waals surface area contributed by atoms with Crippen molar-refractivity contribution < 1.29 is 14.3 Å². The fraction of sp³-hybridized carbons (Fsp3) is 0.143. The Morgan fingerprint density at radius 3 is 2.68 bits per heavy atom. The van der Waals surface area contributed by atoms with Gasteiger partial charge in [0.1, 0.15) is 18.1 Å². The molecule has 1 heterocycles. The molecule has 1 aromatic heterocycles. The maximum absolute atomic E-state index is 11.1. The van der Waals surface area contributed by atoms with E-state index in [2.05, 4.69) is 20.9 Å². The highest BCUT2D eigenvalue weighted by Crippen LogP contribution is 2.33. The molecule has 1 aromatic carbocycles. The van der Waals surface area contributed by atoms with E-state index in [9.17, 15) is 4.79 Å². The number of aldehydes is 1. The van der Waals surface area contributed by atoms with Crippen molar-refractivity contribution in [3.05, 3.63) is 52.3 Å². The summed E-state index contributed by atoms with van der Waals surface area (Å²) in [4.78, 5) is 15.0. The van der Waals surface area contributed by atoms with Gasteiger partial charge in [0.2, 0.25) is 0 Å². The molecule has 0 saturated heterocycles. The van der Waals surface area contributed by atoms with E-state index in [1.165, 1.54) is 0 Å². The summed E-state index contributed by atoms with van der Waals surface area (Å²) in [5, 5.41) is 0. The summed E-state index contributed by atoms with van der Waals surface area (Å²) in [6.45, 7) is 0.369. The van der Waals surface area contributed by atoms with Crippen molar-refractivity contribution in [3.63, 3.8) is 0 Å². The summed E-state index contributed by atoms with van der Waals surface area (Å²) in [6, 6.07) is 7.12. The van der Waals surface area contributed by atoms with Crippen LogP contribution in [-0.4, -0.2) is 18.4 Å². The molecule has 0 fully saturated rings. The van der Waals surface area contributed by atoms with Crippen LogP contribution in [0.5, 0.6) is 11.5 Å². The Bertz CT molecular complexity index is 572. The number of ether oxygens (including phenoxy) is 2. The number of nitrogens with zero attached hydrogens (tertiary/aromatic N) is 1. The molecule has 0 radical (unpaired) electrons. The van der Waals surface area contributed by atoms with Gasteiger partial charge in [-0.3, -0.25) is 9.78 Å². The minimum atomic E-state index is 0.369. The second-order valence-electron chi connectivity index (χ2n) is 3.79. The van der Waals surface area contributed by atoms with Crippen molar-refractivity contribution >= 4 is 22.2 Å². The first-order chi connectivity index (χ1) is 9.24. The third-order valence-electron chi connectivity index (χ3n) is 2.54. The van der Waals surface area contributed by atoms with Crippen LogP contribution in [0.25, 0.3) is 0 Å². The minimum Gasteiger partial charge on any atom is -0.497 e. The Kier molecular flexibility index (Phi) is 4.52. The maximum Gasteiger partial charge on any atom is 0.153 e. The molecule has 0 atom stereocenters. The van der Waals surface area contributed by atoms with Gasteiger partial charge in [0, 0.05) is 12.4 Å². The normalized spacial score (nSPS) is 10.0. The molecule has 4 nitrogen and oxygen atoms in total. The van der Waals surface area contributed by atoms with Crippen LogP contribution < -0.4 is 9.47 Å². The van der Waals surface area contributed by atoms with Crippen molar-refractivity contribution in [3.8, 4) is 11.5 Å². The zero-order valence-corrected chi connectivity index (χ0v) is 11.9. The lowest BCUT2D eigenvalue weighted by molar-refractivity contribution is 0.111. The summed E-state index contributed by atoms with van der Waals surface area (Å²) in [5.74, 6) is 1.11. The summed E-state index contributed by atoms with van der Waals surface area (Å²) in [6.07, 6.45) is 4.14. The van der Waals surface area contributed by atoms with Crippen molar-refractivity contribution in [2.75, 3.05) is 7.11 Å². The largest absolute Gasteiger partial charge is 0.497 e. The number of carbonyl (C=O) groups excluding carboxylic acids is 1. The van der Waals surface area contributed by atoms with Crippen LogP contribution in [0.1, 0.15) is 15.9 Å². The van der Waals surface area contributed by atoms with Crippen molar-refractivity contribution in [2.45, 2.75) is 6.61 Å². The van der Waals surface area contributed by atoms with Gasteiger partial charge in [0.25, 0.3) is 0 Å². The molecule has 0 bridgehead atoms. The SMILES string of the molecule is COc1cc(Br)c(OCc2ccncc2)c(C=O)c1. The first kappa shape index (κ1) is 13.5. The number of rotatable bonds is 5. The first-order valence-electron chi connectivity index (χ1n) is 5.59. The summed E-state index contributed by atoms with van der Waals surface area (Å²) < 4.78 is 11.5. The summed E-state index contributed by atoms with van der Waals surface area (Å²) in [5.41, 5.74) is 1.43. The average molecular weight is 322 g/mol. The molecular weight excluding hydrogens is 310 g/mol. The molecule has 0 saturated carbocycles. The number of methoxy groups -OCH3 is 1. The molecule has 2 rings (SSSR count). The van der Waals surface area contributed by atoms with Crippen LogP contribution >= 0.6 is 15.9 Å². The number of pyridine rings is 1. The van der Waals surface area contributed by atoms with Crippen LogP contribution in [0.3, 0.4) is 0 Å². The second-order valence-corrected chi connectivity index (χ2v) is 4.64. The Balaban J connectivity index is 2.22. The van der Waals surface area contributed by atoms with Gasteiger partial charge in [-0.15, -0.1) is 0 Å². The van der Waals surface area contributed by atoms with Crippen LogP contribution in [0.2, 0.25) is 0 Å². The molecule has 2 aromatic rings. The molecule has 19 heavy (non-hydrogen) atoms. The summed E-state index contributed by atoms with van der Waals surface area (Å²) >= 11 is 3.38. The van der Waals surface area contributed by atoms with Crippen molar-refractivity contribution in [2.24, 2.45) is 0 Å². The highest BCUT2D eigenvalue weighted by molar-refractivity contribution is 9.10. The van der Waals surface area contributed by atoms with Crippen LogP contribution in [0, 0.1) is 0 Å². The highest BCUT2D eigenvalue weighted by atomic mass is 79.9. The van der Waals surface area contributed by atoms with E-state index in [0.717, 1.165) is 11.8 Å². The standard InChI is InChI=1S/C14H12BrNO3/c1-18-12-6-11(8-17)14(13(15)7-12)19-9-10-2-4-16-5-3-10/h2-8H,9H2,1H3. The van der Waals surface area contributed by atoms with E-state index in [4.69, 9.17) is 9.47 Å². The van der Waals surface area contributed by atoms with Crippen LogP contribution in [0.4, 0.5) is 0 Å². The van der Waals surface area contributed by atoms with Gasteiger partial charge in [-0.2, -0.15) is 0 Å². The predicted molar refractivity (Wildman–Crippen MR) is 74.7 cm³/mol. The molecule has 5 heteroatoms. The topological polar surface area (TPSA) is 48.4 Å². The zero-order valence-electron chi connectivity index (χ0n) is 10.3. The fourth-order valence-corrected chi connectivity index (χ4v) is 2.15. The van der Waals surface area contributed by atoms with Crippen LogP contribution in [0.15, 0.2) is 41.1 Å². The van der Waals surface area contributed by atoms with Crippen LogP contribution in [-0.2, 0) is 6.61 Å². The molecule has 0 unspecified atom stereocenters. The fourth-order valence-electron chi connectivity index (χ4n) is 1.58. The quantitative estimate of drug-likeness (QED) is 0.793. The summed E-state index contributed by atoms with van der Waals surface area (Å²) in [7, 11) is 1.55. The van der Waals surface area contributed by atoms with E-state index in [-0.39, 0.29) is 0 Å². The van der Waals surface area contributed by atoms with Gasteiger partial charge in [-0.1, -0.05) is 0 Å². The Hall–Kier alpha value is -1.88. The molecule has 0 aliphatic carbocycles. The molecular formula is C14H12BrNO3. The van der Waals surface area contributed by atoms with Gasteiger partial charge in [-0.25, -0.2) is 0 Å². The second kappa shape index (κ2) is 6.33. The number of halogens is 1. The van der Waals surface area contributed by atoms with E-state index in [1.807, 2.05) is 12.1 Å². The lowest BCUT2D eigenvalue weighted by Gasteiger charge is -2.12. The minimum absolute atomic E-state index is 0.369. The number of benzene rings is 1. The number of carbonyl (C=O) groups is 1. The van der Waals surface area contributed by atoms with E-state index in [1.54, 1.807) is 31.6 Å². The van der Waals surface area contributed by atoms with Gasteiger partial charge >= 0.3 is 0 Å². The third-order valence-corrected chi connectivity index (χ3v) is 3.13. The van der Waals surface area contributed by atoms with Gasteiger partial charge in [-0.05, 0) is 45.8 Å². The van der Waals surface area contributed by atoms with Gasteiger partial charge in [0.15, 0.2) is 6.29 Å². The lowest BCUT2D eigenvalue weighted by Crippen LogP contribution is -2.00. The monoisotopic (exact) mass is 321 g/mol. The van der Waals surface area contributed by atoms with Gasteiger partial charge in [0.05, 0.1) is 17.1 Å². The predicted octanol–water partition coefficient (Wildman–Crippen LogP) is 3.24. The molecule has 0 aliphatic rings. The number of hydrogen-bond acceptors (Lipinski definition) is 4. The van der Waals surface area contributed by atoms with E-state index >= 15 is 0 Å².